The summed E-state index contributed by atoms with van der Waals surface area (Å²) in [5, 5.41) is 14.2. The van der Waals surface area contributed by atoms with E-state index in [0.717, 1.165) is 0 Å². The van der Waals surface area contributed by atoms with Crippen molar-refractivity contribution in [3.8, 4) is 0 Å². The zero-order valence-electron chi connectivity index (χ0n) is 9.46. The standard InChI is InChI=1S/C9H16N2O5/c1-9(2,3)16-8(15)11-4-6(12)10-5-7(13)14/h4-5H2,1-3H3,(H,10,12)(H,11,15)(H,13,14)/p-1. The second kappa shape index (κ2) is 5.94. The molecule has 0 fully saturated rings. The Morgan fingerprint density at radius 1 is 1.12 bits per heavy atom. The molecule has 0 heterocycles. The molecule has 0 radical (unpaired) electrons. The molecule has 0 aliphatic heterocycles. The van der Waals surface area contributed by atoms with Gasteiger partial charge in [-0.3, -0.25) is 4.79 Å². The number of rotatable bonds is 4. The first-order chi connectivity index (χ1) is 7.20. The maximum absolute atomic E-state index is 11.1. The van der Waals surface area contributed by atoms with Gasteiger partial charge >= 0.3 is 6.09 Å². The lowest BCUT2D eigenvalue weighted by Crippen LogP contribution is -2.43. The van der Waals surface area contributed by atoms with Crippen molar-refractivity contribution in [1.82, 2.24) is 10.6 Å². The molecule has 92 valence electrons. The minimum atomic E-state index is -1.40. The van der Waals surface area contributed by atoms with Crippen molar-refractivity contribution in [2.24, 2.45) is 0 Å². The van der Waals surface area contributed by atoms with Gasteiger partial charge in [0.15, 0.2) is 0 Å². The van der Waals surface area contributed by atoms with Gasteiger partial charge in [0.2, 0.25) is 5.91 Å². The first kappa shape index (κ1) is 14.2. The largest absolute Gasteiger partial charge is 0.548 e. The number of carbonyl (C=O) groups excluding carboxylic acids is 3. The molecule has 0 spiro atoms. The van der Waals surface area contributed by atoms with Crippen LogP contribution in [0.1, 0.15) is 20.8 Å². The van der Waals surface area contributed by atoms with Crippen molar-refractivity contribution in [2.75, 3.05) is 13.1 Å². The van der Waals surface area contributed by atoms with E-state index < -0.39 is 30.1 Å². The molecule has 2 amide bonds. The summed E-state index contributed by atoms with van der Waals surface area (Å²) in [4.78, 5) is 32.0. The van der Waals surface area contributed by atoms with E-state index in [1.54, 1.807) is 20.8 Å². The minimum absolute atomic E-state index is 0.345. The monoisotopic (exact) mass is 231 g/mol. The third kappa shape index (κ3) is 8.79. The highest BCUT2D eigenvalue weighted by molar-refractivity contribution is 5.84. The molecule has 16 heavy (non-hydrogen) atoms. The predicted molar refractivity (Wildman–Crippen MR) is 52.3 cm³/mol. The molecule has 7 nitrogen and oxygen atoms in total. The number of aliphatic carboxylic acids is 1. The Bertz CT molecular complexity index is 282. The van der Waals surface area contributed by atoms with Crippen LogP contribution in [0.2, 0.25) is 0 Å². The topological polar surface area (TPSA) is 108 Å². The van der Waals surface area contributed by atoms with Gasteiger partial charge < -0.3 is 25.3 Å². The number of carboxylic acid groups (broad SMARTS) is 1. The Balaban J connectivity index is 3.76. The van der Waals surface area contributed by atoms with Crippen LogP contribution in [0.15, 0.2) is 0 Å². The number of hydrogen-bond donors (Lipinski definition) is 2. The van der Waals surface area contributed by atoms with Crippen molar-refractivity contribution >= 4 is 18.0 Å². The molecule has 0 aliphatic carbocycles. The summed E-state index contributed by atoms with van der Waals surface area (Å²) in [5.74, 6) is -2.03. The summed E-state index contributed by atoms with van der Waals surface area (Å²) in [6.07, 6.45) is -0.740. The van der Waals surface area contributed by atoms with E-state index >= 15 is 0 Å². The van der Waals surface area contributed by atoms with Crippen LogP contribution in [0.5, 0.6) is 0 Å². The predicted octanol–water partition coefficient (Wildman–Crippen LogP) is -1.62. The first-order valence-electron chi connectivity index (χ1n) is 4.64. The maximum atomic E-state index is 11.1. The van der Waals surface area contributed by atoms with Crippen LogP contribution in [0.25, 0.3) is 0 Å². The molecule has 7 heteroatoms. The van der Waals surface area contributed by atoms with E-state index in [1.807, 2.05) is 5.32 Å². The van der Waals surface area contributed by atoms with E-state index in [2.05, 4.69) is 5.32 Å². The number of amides is 2. The van der Waals surface area contributed by atoms with Gasteiger partial charge in [0.05, 0.1) is 12.5 Å². The number of hydrogen-bond acceptors (Lipinski definition) is 5. The molecule has 0 unspecified atom stereocenters. The van der Waals surface area contributed by atoms with E-state index in [-0.39, 0.29) is 6.54 Å². The minimum Gasteiger partial charge on any atom is -0.548 e. The van der Waals surface area contributed by atoms with Crippen LogP contribution in [-0.2, 0) is 14.3 Å². The van der Waals surface area contributed by atoms with Crippen molar-refractivity contribution in [1.29, 1.82) is 0 Å². The van der Waals surface area contributed by atoms with Gasteiger partial charge in [-0.25, -0.2) is 4.79 Å². The number of alkyl carbamates (subject to hydrolysis) is 1. The molecule has 2 N–H and O–H groups in total. The Hall–Kier alpha value is -1.79. The molecular weight excluding hydrogens is 216 g/mol. The zero-order valence-corrected chi connectivity index (χ0v) is 9.46. The fourth-order valence-electron chi connectivity index (χ4n) is 0.700. The number of carbonyl (C=O) groups is 3. The summed E-state index contributed by atoms with van der Waals surface area (Å²) >= 11 is 0. The van der Waals surface area contributed by atoms with E-state index in [0.29, 0.717) is 0 Å². The van der Waals surface area contributed by atoms with E-state index in [1.165, 1.54) is 0 Å². The lowest BCUT2D eigenvalue weighted by molar-refractivity contribution is -0.304. The summed E-state index contributed by atoms with van der Waals surface area (Å²) in [5.41, 5.74) is -0.647. The molecule has 0 rings (SSSR count). The summed E-state index contributed by atoms with van der Waals surface area (Å²) in [7, 11) is 0. The van der Waals surface area contributed by atoms with Crippen molar-refractivity contribution in [3.63, 3.8) is 0 Å². The average molecular weight is 231 g/mol. The Morgan fingerprint density at radius 2 is 1.69 bits per heavy atom. The van der Waals surface area contributed by atoms with Gasteiger partial charge in [-0.1, -0.05) is 0 Å². The molecule has 0 bridgehead atoms. The smallest absolute Gasteiger partial charge is 0.408 e. The van der Waals surface area contributed by atoms with Crippen molar-refractivity contribution < 1.29 is 24.2 Å². The average Bonchev–Trinajstić information content (AvgIpc) is 2.08. The van der Waals surface area contributed by atoms with Crippen LogP contribution in [0, 0.1) is 0 Å². The molecule has 0 atom stereocenters. The fourth-order valence-corrected chi connectivity index (χ4v) is 0.700. The third-order valence-corrected chi connectivity index (χ3v) is 1.22. The quantitative estimate of drug-likeness (QED) is 0.604. The summed E-state index contributed by atoms with van der Waals surface area (Å²) < 4.78 is 4.85. The molecule has 0 aromatic heterocycles. The second-order valence-electron chi connectivity index (χ2n) is 4.00. The van der Waals surface area contributed by atoms with E-state index in [9.17, 15) is 19.5 Å². The maximum Gasteiger partial charge on any atom is 0.408 e. The summed E-state index contributed by atoms with van der Waals surface area (Å²) in [6.45, 7) is 4.12. The van der Waals surface area contributed by atoms with Gasteiger partial charge in [-0.15, -0.1) is 0 Å². The molecule has 0 saturated carbocycles. The number of carboxylic acids is 1. The molecule has 0 aromatic rings. The highest BCUT2D eigenvalue weighted by Crippen LogP contribution is 2.05. The normalized spacial score (nSPS) is 10.4. The van der Waals surface area contributed by atoms with Gasteiger partial charge in [0.1, 0.15) is 12.1 Å². The van der Waals surface area contributed by atoms with Crippen LogP contribution < -0.4 is 15.7 Å². The highest BCUT2D eigenvalue weighted by Gasteiger charge is 2.16. The highest BCUT2D eigenvalue weighted by atomic mass is 16.6. The lowest BCUT2D eigenvalue weighted by Gasteiger charge is -2.19. The van der Waals surface area contributed by atoms with Gasteiger partial charge in [0, 0.05) is 0 Å². The molecular formula is C9H15N2O5-. The summed E-state index contributed by atoms with van der Waals surface area (Å²) in [6, 6.07) is 0. The number of nitrogens with one attached hydrogen (secondary N) is 2. The molecule has 0 aliphatic rings. The van der Waals surface area contributed by atoms with Gasteiger partial charge in [0.25, 0.3) is 0 Å². The molecule has 0 saturated heterocycles. The van der Waals surface area contributed by atoms with Crippen molar-refractivity contribution in [3.05, 3.63) is 0 Å². The number of ether oxygens (including phenoxy) is 1. The van der Waals surface area contributed by atoms with Crippen LogP contribution in [0.4, 0.5) is 4.79 Å². The second-order valence-corrected chi connectivity index (χ2v) is 4.00. The zero-order chi connectivity index (χ0) is 12.8. The van der Waals surface area contributed by atoms with Crippen LogP contribution >= 0.6 is 0 Å². The first-order valence-corrected chi connectivity index (χ1v) is 4.64. The van der Waals surface area contributed by atoms with Crippen molar-refractivity contribution in [2.45, 2.75) is 26.4 Å². The Labute approximate surface area is 93.2 Å². The van der Waals surface area contributed by atoms with Gasteiger partial charge in [-0.2, -0.15) is 0 Å². The lowest BCUT2D eigenvalue weighted by atomic mass is 10.2. The van der Waals surface area contributed by atoms with Gasteiger partial charge in [-0.05, 0) is 20.8 Å². The van der Waals surface area contributed by atoms with Crippen LogP contribution in [-0.4, -0.2) is 36.7 Å². The Kier molecular flexibility index (Phi) is 5.27. The third-order valence-electron chi connectivity index (χ3n) is 1.22. The van der Waals surface area contributed by atoms with E-state index in [4.69, 9.17) is 4.74 Å². The SMILES string of the molecule is CC(C)(C)OC(=O)NCC(=O)NCC(=O)[O-]. The Morgan fingerprint density at radius 3 is 2.12 bits per heavy atom. The fraction of sp³-hybridized carbons (Fsp3) is 0.667. The van der Waals surface area contributed by atoms with Crippen LogP contribution in [0.3, 0.4) is 0 Å². The molecule has 0 aromatic carbocycles.